The third-order valence-corrected chi connectivity index (χ3v) is 3.98. The predicted molar refractivity (Wildman–Crippen MR) is 83.8 cm³/mol. The fourth-order valence-corrected chi connectivity index (χ4v) is 3.01. The number of aromatic carboxylic acids is 2. The standard InChI is InChI=1S/C18H14O6/c1-8-3-9(2)15-13(4-8)14(18(23)24-15)10-5-11(16(19)20)7-12(6-10)17(21)22/h3-7,14H,1-2H3,(H,19,20)(H,21,22). The van der Waals surface area contributed by atoms with E-state index in [-0.39, 0.29) is 11.1 Å². The molecule has 0 saturated heterocycles. The fraction of sp³-hybridized carbons (Fsp3) is 0.167. The minimum absolute atomic E-state index is 0.185. The third kappa shape index (κ3) is 2.52. The molecule has 0 fully saturated rings. The summed E-state index contributed by atoms with van der Waals surface area (Å²) < 4.78 is 5.33. The number of hydrogen-bond donors (Lipinski definition) is 2. The Hall–Kier alpha value is -3.15. The Morgan fingerprint density at radius 1 is 0.958 bits per heavy atom. The smallest absolute Gasteiger partial charge is 0.335 e. The van der Waals surface area contributed by atoms with E-state index >= 15 is 0 Å². The zero-order valence-corrected chi connectivity index (χ0v) is 13.0. The van der Waals surface area contributed by atoms with Gasteiger partial charge in [-0.25, -0.2) is 9.59 Å². The van der Waals surface area contributed by atoms with Crippen molar-refractivity contribution < 1.29 is 29.3 Å². The second-order valence-electron chi connectivity index (χ2n) is 5.81. The minimum atomic E-state index is -1.26. The molecular weight excluding hydrogens is 312 g/mol. The van der Waals surface area contributed by atoms with Gasteiger partial charge in [0.1, 0.15) is 11.7 Å². The van der Waals surface area contributed by atoms with Crippen molar-refractivity contribution in [2.45, 2.75) is 19.8 Å². The topological polar surface area (TPSA) is 101 Å². The molecule has 1 aliphatic heterocycles. The molecule has 1 aliphatic rings. The number of hydrogen-bond acceptors (Lipinski definition) is 4. The molecule has 1 unspecified atom stereocenters. The van der Waals surface area contributed by atoms with Crippen molar-refractivity contribution in [1.29, 1.82) is 0 Å². The lowest BCUT2D eigenvalue weighted by molar-refractivity contribution is -0.133. The van der Waals surface area contributed by atoms with E-state index in [1.165, 1.54) is 12.1 Å². The Morgan fingerprint density at radius 3 is 2.08 bits per heavy atom. The van der Waals surface area contributed by atoms with Crippen LogP contribution in [-0.4, -0.2) is 28.1 Å². The summed E-state index contributed by atoms with van der Waals surface area (Å²) in [7, 11) is 0. The van der Waals surface area contributed by atoms with Crippen molar-refractivity contribution in [3.8, 4) is 5.75 Å². The molecule has 0 aromatic heterocycles. The van der Waals surface area contributed by atoms with Crippen molar-refractivity contribution in [1.82, 2.24) is 0 Å². The number of benzene rings is 2. The van der Waals surface area contributed by atoms with E-state index in [1.54, 1.807) is 6.07 Å². The highest BCUT2D eigenvalue weighted by Gasteiger charge is 2.36. The van der Waals surface area contributed by atoms with Crippen LogP contribution in [-0.2, 0) is 4.79 Å². The molecule has 3 rings (SSSR count). The van der Waals surface area contributed by atoms with Crippen LogP contribution in [0.4, 0.5) is 0 Å². The lowest BCUT2D eigenvalue weighted by atomic mass is 9.88. The Morgan fingerprint density at radius 2 is 1.54 bits per heavy atom. The second-order valence-corrected chi connectivity index (χ2v) is 5.81. The molecule has 1 heterocycles. The SMILES string of the molecule is Cc1cc(C)c2c(c1)C(c1cc(C(=O)O)cc(C(=O)O)c1)C(=O)O2. The van der Waals surface area contributed by atoms with Gasteiger partial charge in [-0.15, -0.1) is 0 Å². The van der Waals surface area contributed by atoms with Crippen LogP contribution in [0.15, 0.2) is 30.3 Å². The van der Waals surface area contributed by atoms with Crippen LogP contribution in [0.3, 0.4) is 0 Å². The van der Waals surface area contributed by atoms with Crippen molar-refractivity contribution in [2.24, 2.45) is 0 Å². The predicted octanol–water partition coefficient (Wildman–Crippen LogP) is 2.75. The number of rotatable bonds is 3. The van der Waals surface area contributed by atoms with Gasteiger partial charge in [0.25, 0.3) is 0 Å². The van der Waals surface area contributed by atoms with Gasteiger partial charge >= 0.3 is 17.9 Å². The number of carbonyl (C=O) groups is 3. The lowest BCUT2D eigenvalue weighted by Crippen LogP contribution is -2.14. The van der Waals surface area contributed by atoms with Gasteiger partial charge in [-0.2, -0.15) is 0 Å². The number of carboxylic acids is 2. The Labute approximate surface area is 137 Å². The van der Waals surface area contributed by atoms with E-state index < -0.39 is 23.8 Å². The van der Waals surface area contributed by atoms with Gasteiger partial charge < -0.3 is 14.9 Å². The van der Waals surface area contributed by atoms with Crippen molar-refractivity contribution >= 4 is 17.9 Å². The maximum Gasteiger partial charge on any atom is 0.335 e. The molecule has 24 heavy (non-hydrogen) atoms. The zero-order valence-electron chi connectivity index (χ0n) is 13.0. The molecule has 0 bridgehead atoms. The maximum atomic E-state index is 12.3. The van der Waals surface area contributed by atoms with Crippen LogP contribution in [0, 0.1) is 13.8 Å². The lowest BCUT2D eigenvalue weighted by Gasteiger charge is -2.11. The van der Waals surface area contributed by atoms with Gasteiger partial charge in [-0.3, -0.25) is 4.79 Å². The van der Waals surface area contributed by atoms with Gasteiger partial charge in [0.05, 0.1) is 11.1 Å². The van der Waals surface area contributed by atoms with Crippen molar-refractivity contribution in [2.75, 3.05) is 0 Å². The molecule has 2 aromatic rings. The average molecular weight is 326 g/mol. The monoisotopic (exact) mass is 326 g/mol. The Bertz CT molecular complexity index is 864. The van der Waals surface area contributed by atoms with Crippen LogP contribution in [0.1, 0.15) is 48.9 Å². The fourth-order valence-electron chi connectivity index (χ4n) is 3.01. The molecule has 6 heteroatoms. The summed E-state index contributed by atoms with van der Waals surface area (Å²) in [4.78, 5) is 34.9. The molecule has 1 atom stereocenters. The van der Waals surface area contributed by atoms with E-state index in [1.807, 2.05) is 19.9 Å². The second kappa shape index (κ2) is 5.49. The average Bonchev–Trinajstić information content (AvgIpc) is 2.83. The molecule has 0 radical (unpaired) electrons. The number of fused-ring (bicyclic) bond motifs is 1. The summed E-state index contributed by atoms with van der Waals surface area (Å²) in [6.07, 6.45) is 0. The largest absolute Gasteiger partial charge is 0.478 e. The first-order chi connectivity index (χ1) is 11.3. The molecule has 2 N–H and O–H groups in total. The molecular formula is C18H14O6. The highest BCUT2D eigenvalue weighted by atomic mass is 16.5. The Balaban J connectivity index is 2.22. The van der Waals surface area contributed by atoms with Crippen LogP contribution in [0.25, 0.3) is 0 Å². The summed E-state index contributed by atoms with van der Waals surface area (Å²) in [6.45, 7) is 3.70. The number of aryl methyl sites for hydroxylation is 2. The van der Waals surface area contributed by atoms with Crippen LogP contribution >= 0.6 is 0 Å². The zero-order chi connectivity index (χ0) is 17.6. The molecule has 122 valence electrons. The maximum absolute atomic E-state index is 12.3. The van der Waals surface area contributed by atoms with Crippen LogP contribution in [0.2, 0.25) is 0 Å². The van der Waals surface area contributed by atoms with Gasteiger partial charge in [0.15, 0.2) is 0 Å². The molecule has 0 aliphatic carbocycles. The van der Waals surface area contributed by atoms with Crippen LogP contribution in [0.5, 0.6) is 5.75 Å². The third-order valence-electron chi connectivity index (χ3n) is 3.98. The molecule has 6 nitrogen and oxygen atoms in total. The molecule has 0 saturated carbocycles. The first kappa shape index (κ1) is 15.7. The van der Waals surface area contributed by atoms with E-state index in [0.717, 1.165) is 17.2 Å². The summed E-state index contributed by atoms with van der Waals surface area (Å²) in [5, 5.41) is 18.4. The normalized spacial score (nSPS) is 15.8. The molecule has 0 amide bonds. The summed E-state index contributed by atoms with van der Waals surface area (Å²) in [5.74, 6) is -3.44. The minimum Gasteiger partial charge on any atom is -0.478 e. The van der Waals surface area contributed by atoms with Gasteiger partial charge in [-0.05, 0) is 43.2 Å². The van der Waals surface area contributed by atoms with Gasteiger partial charge in [0.2, 0.25) is 0 Å². The number of carbonyl (C=O) groups excluding carboxylic acids is 1. The number of carboxylic acid groups (broad SMARTS) is 2. The summed E-state index contributed by atoms with van der Waals surface area (Å²) >= 11 is 0. The summed E-state index contributed by atoms with van der Waals surface area (Å²) in [6, 6.07) is 7.37. The van der Waals surface area contributed by atoms with Crippen molar-refractivity contribution in [3.63, 3.8) is 0 Å². The molecule has 0 spiro atoms. The highest BCUT2D eigenvalue weighted by molar-refractivity contribution is 5.96. The van der Waals surface area contributed by atoms with E-state index in [2.05, 4.69) is 0 Å². The number of ether oxygens (including phenoxy) is 1. The van der Waals surface area contributed by atoms with E-state index in [4.69, 9.17) is 4.74 Å². The first-order valence-corrected chi connectivity index (χ1v) is 7.22. The van der Waals surface area contributed by atoms with Crippen molar-refractivity contribution in [3.05, 3.63) is 63.7 Å². The summed E-state index contributed by atoms with van der Waals surface area (Å²) in [5.41, 5.74) is 2.28. The van der Waals surface area contributed by atoms with Gasteiger partial charge in [-0.1, -0.05) is 17.7 Å². The first-order valence-electron chi connectivity index (χ1n) is 7.22. The highest BCUT2D eigenvalue weighted by Crippen LogP contribution is 2.42. The van der Waals surface area contributed by atoms with Gasteiger partial charge in [0, 0.05) is 5.56 Å². The Kier molecular flexibility index (Phi) is 3.60. The molecule has 2 aromatic carbocycles. The quantitative estimate of drug-likeness (QED) is 0.664. The van der Waals surface area contributed by atoms with E-state index in [9.17, 15) is 24.6 Å². The van der Waals surface area contributed by atoms with Crippen LogP contribution < -0.4 is 4.74 Å². The van der Waals surface area contributed by atoms with E-state index in [0.29, 0.717) is 16.9 Å². The number of esters is 1.